The molecule has 154 valence electrons. The Kier molecular flexibility index (Phi) is 8.81. The maximum Gasteiger partial charge on any atom is 0.322 e. The van der Waals surface area contributed by atoms with E-state index in [2.05, 4.69) is 16.1 Å². The van der Waals surface area contributed by atoms with Crippen molar-refractivity contribution in [3.63, 3.8) is 0 Å². The molecule has 2 aromatic rings. The first-order valence-corrected chi connectivity index (χ1v) is 9.20. The van der Waals surface area contributed by atoms with Crippen LogP contribution >= 0.6 is 0 Å². The lowest BCUT2D eigenvalue weighted by molar-refractivity contribution is -0.138. The second-order valence-corrected chi connectivity index (χ2v) is 6.48. The number of hydroxylamine groups is 1. The molecule has 8 nitrogen and oxygen atoms in total. The average molecular weight is 399 g/mol. The molecule has 2 amide bonds. The van der Waals surface area contributed by atoms with Crippen molar-refractivity contribution in [3.05, 3.63) is 71.8 Å². The Bertz CT molecular complexity index is 798. The zero-order chi connectivity index (χ0) is 21.1. The Hall–Kier alpha value is -3.23. The SMILES string of the molecule is C[C@H](NOCc1ccccc1)C(=O)N[C@@H](Cc1ccccc1)C(=O)NCC(=O)O. The molecule has 0 fully saturated rings. The highest BCUT2D eigenvalue weighted by Crippen LogP contribution is 2.04. The van der Waals surface area contributed by atoms with Crippen LogP contribution in [0.5, 0.6) is 0 Å². The molecular formula is C21H25N3O5. The normalized spacial score (nSPS) is 12.6. The first-order chi connectivity index (χ1) is 14.0. The third-order valence-electron chi connectivity index (χ3n) is 4.06. The van der Waals surface area contributed by atoms with E-state index < -0.39 is 36.4 Å². The van der Waals surface area contributed by atoms with Crippen LogP contribution in [-0.4, -0.2) is 41.5 Å². The van der Waals surface area contributed by atoms with Gasteiger partial charge >= 0.3 is 5.97 Å². The highest BCUT2D eigenvalue weighted by Gasteiger charge is 2.24. The molecule has 0 spiro atoms. The highest BCUT2D eigenvalue weighted by molar-refractivity contribution is 5.91. The van der Waals surface area contributed by atoms with Gasteiger partial charge in [0.1, 0.15) is 18.6 Å². The van der Waals surface area contributed by atoms with Crippen LogP contribution in [0.4, 0.5) is 0 Å². The largest absolute Gasteiger partial charge is 0.480 e. The van der Waals surface area contributed by atoms with Crippen molar-refractivity contribution in [2.75, 3.05) is 6.54 Å². The van der Waals surface area contributed by atoms with Crippen LogP contribution in [0.25, 0.3) is 0 Å². The Labute approximate surface area is 169 Å². The number of nitrogens with one attached hydrogen (secondary N) is 3. The fourth-order valence-corrected chi connectivity index (χ4v) is 2.52. The van der Waals surface area contributed by atoms with Gasteiger partial charge in [-0.15, -0.1) is 0 Å². The molecule has 0 aliphatic rings. The first kappa shape index (κ1) is 22.1. The Morgan fingerprint density at radius 2 is 1.52 bits per heavy atom. The van der Waals surface area contributed by atoms with Crippen LogP contribution < -0.4 is 16.1 Å². The third kappa shape index (κ3) is 8.12. The number of benzene rings is 2. The zero-order valence-corrected chi connectivity index (χ0v) is 16.1. The van der Waals surface area contributed by atoms with Gasteiger partial charge in [-0.05, 0) is 18.1 Å². The van der Waals surface area contributed by atoms with Crippen molar-refractivity contribution in [3.8, 4) is 0 Å². The van der Waals surface area contributed by atoms with E-state index in [1.54, 1.807) is 6.92 Å². The molecule has 0 bridgehead atoms. The fourth-order valence-electron chi connectivity index (χ4n) is 2.52. The lowest BCUT2D eigenvalue weighted by Crippen LogP contribution is -2.53. The molecule has 0 saturated heterocycles. The Morgan fingerprint density at radius 1 is 0.931 bits per heavy atom. The average Bonchev–Trinajstić information content (AvgIpc) is 2.72. The number of rotatable bonds is 11. The van der Waals surface area contributed by atoms with E-state index in [9.17, 15) is 14.4 Å². The summed E-state index contributed by atoms with van der Waals surface area (Å²) >= 11 is 0. The molecule has 2 aromatic carbocycles. The van der Waals surface area contributed by atoms with Crippen molar-refractivity contribution in [2.24, 2.45) is 0 Å². The smallest absolute Gasteiger partial charge is 0.322 e. The maximum absolute atomic E-state index is 12.5. The van der Waals surface area contributed by atoms with Gasteiger partial charge in [0.2, 0.25) is 11.8 Å². The van der Waals surface area contributed by atoms with Gasteiger partial charge < -0.3 is 15.7 Å². The molecular weight excluding hydrogens is 374 g/mol. The van der Waals surface area contributed by atoms with Crippen molar-refractivity contribution < 1.29 is 24.3 Å². The fraction of sp³-hybridized carbons (Fsp3) is 0.286. The van der Waals surface area contributed by atoms with Crippen molar-refractivity contribution in [2.45, 2.75) is 32.0 Å². The van der Waals surface area contributed by atoms with E-state index in [0.29, 0.717) is 0 Å². The third-order valence-corrected chi connectivity index (χ3v) is 4.06. The molecule has 29 heavy (non-hydrogen) atoms. The van der Waals surface area contributed by atoms with Crippen molar-refractivity contribution in [1.82, 2.24) is 16.1 Å². The molecule has 0 radical (unpaired) electrons. The number of hydrogen-bond acceptors (Lipinski definition) is 5. The molecule has 0 unspecified atom stereocenters. The summed E-state index contributed by atoms with van der Waals surface area (Å²) in [7, 11) is 0. The van der Waals surface area contributed by atoms with Crippen LogP contribution in [0.1, 0.15) is 18.1 Å². The number of hydrogen-bond donors (Lipinski definition) is 4. The number of carbonyl (C=O) groups excluding carboxylic acids is 2. The van der Waals surface area contributed by atoms with E-state index in [0.717, 1.165) is 11.1 Å². The summed E-state index contributed by atoms with van der Waals surface area (Å²) in [5.74, 6) is -2.17. The number of carboxylic acids is 1. The monoisotopic (exact) mass is 399 g/mol. The summed E-state index contributed by atoms with van der Waals surface area (Å²) in [6.07, 6.45) is 0.232. The van der Waals surface area contributed by atoms with Crippen LogP contribution in [0.3, 0.4) is 0 Å². The summed E-state index contributed by atoms with van der Waals surface area (Å²) in [5, 5.41) is 13.7. The van der Waals surface area contributed by atoms with E-state index >= 15 is 0 Å². The number of carboxylic acid groups (broad SMARTS) is 1. The van der Waals surface area contributed by atoms with Gasteiger partial charge in [-0.2, -0.15) is 5.48 Å². The predicted octanol–water partition coefficient (Wildman–Crippen LogP) is 1.02. The predicted molar refractivity (Wildman–Crippen MR) is 107 cm³/mol. The van der Waals surface area contributed by atoms with E-state index in [1.807, 2.05) is 60.7 Å². The minimum atomic E-state index is -1.16. The number of aliphatic carboxylic acids is 1. The second kappa shape index (κ2) is 11.6. The van der Waals surface area contributed by atoms with Gasteiger partial charge in [0.05, 0.1) is 6.61 Å². The van der Waals surface area contributed by atoms with Gasteiger partial charge in [-0.3, -0.25) is 19.2 Å². The topological polar surface area (TPSA) is 117 Å². The van der Waals surface area contributed by atoms with Crippen molar-refractivity contribution in [1.29, 1.82) is 0 Å². The molecule has 0 aliphatic carbocycles. The molecule has 0 heterocycles. The zero-order valence-electron chi connectivity index (χ0n) is 16.1. The van der Waals surface area contributed by atoms with E-state index in [-0.39, 0.29) is 13.0 Å². The van der Waals surface area contributed by atoms with E-state index in [1.165, 1.54) is 0 Å². The second-order valence-electron chi connectivity index (χ2n) is 6.48. The molecule has 0 aliphatic heterocycles. The molecule has 2 rings (SSSR count). The summed E-state index contributed by atoms with van der Waals surface area (Å²) in [4.78, 5) is 40.9. The molecule has 4 N–H and O–H groups in total. The summed E-state index contributed by atoms with van der Waals surface area (Å²) in [6, 6.07) is 17.0. The van der Waals surface area contributed by atoms with E-state index in [4.69, 9.17) is 9.94 Å². The number of amides is 2. The summed E-state index contributed by atoms with van der Waals surface area (Å²) < 4.78 is 0. The molecule has 2 atom stereocenters. The van der Waals surface area contributed by atoms with Gasteiger partial charge in [-0.1, -0.05) is 60.7 Å². The maximum atomic E-state index is 12.5. The molecule has 8 heteroatoms. The standard InChI is InChI=1S/C21H25N3O5/c1-15(24-29-14-17-10-6-3-7-11-17)20(27)23-18(21(28)22-13-19(25)26)12-16-8-4-2-5-9-16/h2-11,15,18,24H,12-14H2,1H3,(H,22,28)(H,23,27)(H,25,26)/t15-,18-/m0/s1. The van der Waals surface area contributed by atoms with Gasteiger partial charge in [0, 0.05) is 6.42 Å². The Morgan fingerprint density at radius 3 is 2.10 bits per heavy atom. The summed E-state index contributed by atoms with van der Waals surface area (Å²) in [6.45, 7) is 1.37. The minimum absolute atomic E-state index is 0.232. The first-order valence-electron chi connectivity index (χ1n) is 9.20. The number of carbonyl (C=O) groups is 3. The van der Waals surface area contributed by atoms with Crippen LogP contribution in [0.2, 0.25) is 0 Å². The van der Waals surface area contributed by atoms with Gasteiger partial charge in [0.15, 0.2) is 0 Å². The minimum Gasteiger partial charge on any atom is -0.480 e. The lowest BCUT2D eigenvalue weighted by atomic mass is 10.0. The molecule has 0 saturated carbocycles. The van der Waals surface area contributed by atoms with Gasteiger partial charge in [0.25, 0.3) is 0 Å². The Balaban J connectivity index is 1.91. The summed E-state index contributed by atoms with van der Waals surface area (Å²) in [5.41, 5.74) is 4.44. The van der Waals surface area contributed by atoms with Gasteiger partial charge in [-0.25, -0.2) is 0 Å². The van der Waals surface area contributed by atoms with Crippen LogP contribution in [-0.2, 0) is 32.2 Å². The lowest BCUT2D eigenvalue weighted by Gasteiger charge is -2.21. The highest BCUT2D eigenvalue weighted by atomic mass is 16.6. The van der Waals surface area contributed by atoms with Crippen molar-refractivity contribution >= 4 is 17.8 Å². The van der Waals surface area contributed by atoms with Crippen LogP contribution in [0.15, 0.2) is 60.7 Å². The molecule has 0 aromatic heterocycles. The van der Waals surface area contributed by atoms with Crippen LogP contribution in [0, 0.1) is 0 Å². The quantitative estimate of drug-likeness (QED) is 0.419.